The summed E-state index contributed by atoms with van der Waals surface area (Å²) in [5, 5.41) is 3.23. The zero-order chi connectivity index (χ0) is 21.7. The van der Waals surface area contributed by atoms with Gasteiger partial charge in [-0.25, -0.2) is 8.42 Å². The number of carbonyl (C=O) groups excluding carboxylic acids is 1. The first-order valence-corrected chi connectivity index (χ1v) is 13.4. The molecule has 2 saturated heterocycles. The Morgan fingerprint density at radius 2 is 1.87 bits per heavy atom. The third-order valence-corrected chi connectivity index (χ3v) is 9.39. The number of piperazine rings is 1. The number of thiophene rings is 1. The maximum Gasteiger partial charge on any atom is 0.252 e. The third kappa shape index (κ3) is 6.40. The monoisotopic (exact) mass is 476 g/mol. The number of nitrogens with one attached hydrogen (secondary N) is 1. The lowest BCUT2D eigenvalue weighted by Gasteiger charge is -2.36. The Bertz CT molecular complexity index is 801. The lowest BCUT2D eigenvalue weighted by atomic mass is 9.92. The summed E-state index contributed by atoms with van der Waals surface area (Å²) >= 11 is 7.06. The molecule has 0 aliphatic carbocycles. The van der Waals surface area contributed by atoms with E-state index in [2.05, 4.69) is 24.1 Å². The minimum Gasteiger partial charge on any atom is -0.340 e. The van der Waals surface area contributed by atoms with Gasteiger partial charge >= 0.3 is 0 Å². The summed E-state index contributed by atoms with van der Waals surface area (Å²) in [6.07, 6.45) is 1.41. The van der Waals surface area contributed by atoms with Crippen molar-refractivity contribution in [2.45, 2.75) is 30.9 Å². The van der Waals surface area contributed by atoms with Crippen LogP contribution >= 0.6 is 22.9 Å². The van der Waals surface area contributed by atoms with Crippen molar-refractivity contribution in [3.05, 3.63) is 16.5 Å². The number of nitrogens with zero attached hydrogens (tertiary/aromatic N) is 3. The normalized spacial score (nSPS) is 23.8. The van der Waals surface area contributed by atoms with Crippen LogP contribution in [0.3, 0.4) is 0 Å². The maximum absolute atomic E-state index is 13.3. The molecule has 0 aromatic carbocycles. The number of halogens is 1. The van der Waals surface area contributed by atoms with Gasteiger partial charge in [0.25, 0.3) is 10.0 Å². The van der Waals surface area contributed by atoms with E-state index in [1.807, 2.05) is 4.90 Å². The van der Waals surface area contributed by atoms with E-state index in [1.54, 1.807) is 12.1 Å². The summed E-state index contributed by atoms with van der Waals surface area (Å²) < 4.78 is 28.7. The molecule has 30 heavy (non-hydrogen) atoms. The van der Waals surface area contributed by atoms with E-state index < -0.39 is 10.0 Å². The summed E-state index contributed by atoms with van der Waals surface area (Å²) in [7, 11) is -3.68. The second-order valence-electron chi connectivity index (χ2n) is 8.55. The number of sulfonamides is 1. The van der Waals surface area contributed by atoms with Gasteiger partial charge in [0.2, 0.25) is 5.91 Å². The molecule has 2 atom stereocenters. The molecule has 10 heteroatoms. The smallest absolute Gasteiger partial charge is 0.252 e. The molecule has 0 saturated carbocycles. The molecule has 3 heterocycles. The van der Waals surface area contributed by atoms with Gasteiger partial charge in [-0.05, 0) is 30.4 Å². The topological polar surface area (TPSA) is 73.0 Å². The van der Waals surface area contributed by atoms with Crippen molar-refractivity contribution in [3.63, 3.8) is 0 Å². The minimum absolute atomic E-state index is 0.0149. The highest BCUT2D eigenvalue weighted by molar-refractivity contribution is 7.91. The van der Waals surface area contributed by atoms with Crippen LogP contribution in [0.5, 0.6) is 0 Å². The standard InChI is InChI=1S/C20H33ClN4O3S2/c1-16-13-17(2)15-23(14-16)11-12-25(30(27,28)20-4-3-18(21)29-20)8-5-19(26)24-9-6-22-7-10-24/h3-4,16-17,22H,5-15H2,1-2H3/t16-,17-/m0/s1. The molecular formula is C20H33ClN4O3S2. The van der Waals surface area contributed by atoms with Crippen LogP contribution in [0.15, 0.2) is 16.3 Å². The number of hydrogen-bond acceptors (Lipinski definition) is 6. The molecule has 170 valence electrons. The van der Waals surface area contributed by atoms with Crippen LogP contribution in [-0.4, -0.2) is 87.3 Å². The van der Waals surface area contributed by atoms with Crippen LogP contribution in [0.4, 0.5) is 0 Å². The van der Waals surface area contributed by atoms with Gasteiger partial charge in [0, 0.05) is 65.3 Å². The van der Waals surface area contributed by atoms with Gasteiger partial charge in [-0.15, -0.1) is 11.3 Å². The van der Waals surface area contributed by atoms with E-state index >= 15 is 0 Å². The quantitative estimate of drug-likeness (QED) is 0.622. The summed E-state index contributed by atoms with van der Waals surface area (Å²) in [5.74, 6) is 1.24. The first-order chi connectivity index (χ1) is 14.3. The SMILES string of the molecule is C[C@H]1C[C@H](C)CN(CCN(CCC(=O)N2CCNCC2)S(=O)(=O)c2ccc(Cl)s2)C1. The van der Waals surface area contributed by atoms with E-state index in [9.17, 15) is 13.2 Å². The zero-order valence-corrected chi connectivity index (χ0v) is 20.2. The molecule has 0 unspecified atom stereocenters. The van der Waals surface area contributed by atoms with Gasteiger partial charge in [0.1, 0.15) is 4.21 Å². The molecule has 2 fully saturated rings. The number of likely N-dealkylation sites (tertiary alicyclic amines) is 1. The van der Waals surface area contributed by atoms with E-state index in [0.717, 1.165) is 37.5 Å². The van der Waals surface area contributed by atoms with Crippen molar-refractivity contribution in [2.75, 3.05) is 58.9 Å². The highest BCUT2D eigenvalue weighted by Gasteiger charge is 2.29. The number of piperidine rings is 1. The van der Waals surface area contributed by atoms with Crippen LogP contribution in [0, 0.1) is 11.8 Å². The predicted molar refractivity (Wildman–Crippen MR) is 122 cm³/mol. The van der Waals surface area contributed by atoms with Crippen LogP contribution in [0.2, 0.25) is 4.34 Å². The van der Waals surface area contributed by atoms with Crippen molar-refractivity contribution in [2.24, 2.45) is 11.8 Å². The molecule has 2 aliphatic heterocycles. The molecule has 7 nitrogen and oxygen atoms in total. The maximum atomic E-state index is 13.3. The first kappa shape index (κ1) is 23.9. The molecule has 0 radical (unpaired) electrons. The Hall–Kier alpha value is -0.710. The van der Waals surface area contributed by atoms with Crippen LogP contribution in [-0.2, 0) is 14.8 Å². The van der Waals surface area contributed by atoms with Crippen molar-refractivity contribution in [1.82, 2.24) is 19.4 Å². The molecule has 2 aliphatic rings. The third-order valence-electron chi connectivity index (χ3n) is 5.80. The Morgan fingerprint density at radius 3 is 2.47 bits per heavy atom. The highest BCUT2D eigenvalue weighted by Crippen LogP contribution is 2.28. The van der Waals surface area contributed by atoms with Crippen molar-refractivity contribution in [1.29, 1.82) is 0 Å². The average molecular weight is 477 g/mol. The van der Waals surface area contributed by atoms with Gasteiger partial charge in [0.15, 0.2) is 0 Å². The lowest BCUT2D eigenvalue weighted by molar-refractivity contribution is -0.131. The first-order valence-electron chi connectivity index (χ1n) is 10.7. The fourth-order valence-corrected chi connectivity index (χ4v) is 7.50. The molecule has 1 aromatic heterocycles. The van der Waals surface area contributed by atoms with Crippen LogP contribution in [0.1, 0.15) is 26.7 Å². The van der Waals surface area contributed by atoms with E-state index in [-0.39, 0.29) is 23.1 Å². The number of hydrogen-bond donors (Lipinski definition) is 1. The highest BCUT2D eigenvalue weighted by atomic mass is 35.5. The minimum atomic E-state index is -3.68. The Labute approximate surface area is 189 Å². The molecule has 3 rings (SSSR count). The second kappa shape index (κ2) is 10.7. The Morgan fingerprint density at radius 1 is 1.20 bits per heavy atom. The van der Waals surface area contributed by atoms with Crippen molar-refractivity contribution >= 4 is 38.9 Å². The Balaban J connectivity index is 1.67. The molecule has 0 spiro atoms. The average Bonchev–Trinajstić information content (AvgIpc) is 3.15. The number of amides is 1. The zero-order valence-electron chi connectivity index (χ0n) is 17.8. The number of rotatable bonds is 8. The van der Waals surface area contributed by atoms with Crippen molar-refractivity contribution in [3.8, 4) is 0 Å². The summed E-state index contributed by atoms with van der Waals surface area (Å²) in [4.78, 5) is 16.8. The fraction of sp³-hybridized carbons (Fsp3) is 0.750. The van der Waals surface area contributed by atoms with Gasteiger partial charge in [0.05, 0.1) is 4.34 Å². The lowest BCUT2D eigenvalue weighted by Crippen LogP contribution is -2.48. The predicted octanol–water partition coefficient (Wildman–Crippen LogP) is 2.19. The van der Waals surface area contributed by atoms with E-state index in [0.29, 0.717) is 42.4 Å². The number of carbonyl (C=O) groups is 1. The van der Waals surface area contributed by atoms with Crippen LogP contribution in [0.25, 0.3) is 0 Å². The van der Waals surface area contributed by atoms with E-state index in [4.69, 9.17) is 11.6 Å². The molecule has 1 N–H and O–H groups in total. The largest absolute Gasteiger partial charge is 0.340 e. The molecule has 1 amide bonds. The van der Waals surface area contributed by atoms with Gasteiger partial charge in [-0.2, -0.15) is 4.31 Å². The fourth-order valence-electron chi connectivity index (χ4n) is 4.44. The van der Waals surface area contributed by atoms with Crippen LogP contribution < -0.4 is 5.32 Å². The van der Waals surface area contributed by atoms with Gasteiger partial charge in [-0.1, -0.05) is 25.4 Å². The van der Waals surface area contributed by atoms with E-state index in [1.165, 1.54) is 10.7 Å². The van der Waals surface area contributed by atoms with Crippen molar-refractivity contribution < 1.29 is 13.2 Å². The summed E-state index contributed by atoms with van der Waals surface area (Å²) in [6, 6.07) is 3.16. The second-order valence-corrected chi connectivity index (χ2v) is 12.4. The molecule has 0 bridgehead atoms. The van der Waals surface area contributed by atoms with Gasteiger partial charge in [-0.3, -0.25) is 4.79 Å². The summed E-state index contributed by atoms with van der Waals surface area (Å²) in [5.41, 5.74) is 0. The Kier molecular flexibility index (Phi) is 8.57. The summed E-state index contributed by atoms with van der Waals surface area (Å²) in [6.45, 7) is 10.6. The van der Waals surface area contributed by atoms with Gasteiger partial charge < -0.3 is 15.1 Å². The molecule has 1 aromatic rings. The molecular weight excluding hydrogens is 444 g/mol.